The number of aromatic nitrogens is 3. The maximum absolute atomic E-state index is 12.1. The molecular weight excluding hydrogens is 290 g/mol. The van der Waals surface area contributed by atoms with Crippen molar-refractivity contribution in [3.63, 3.8) is 0 Å². The minimum atomic E-state index is -0.357. The number of methoxy groups -OCH3 is 1. The third-order valence-corrected chi connectivity index (χ3v) is 4.19. The van der Waals surface area contributed by atoms with E-state index in [0.29, 0.717) is 17.5 Å². The molecule has 3 rings (SSSR count). The lowest BCUT2D eigenvalue weighted by molar-refractivity contribution is 0.0508. The van der Waals surface area contributed by atoms with Gasteiger partial charge >= 0.3 is 5.97 Å². The molecular formula is C14H17N3O3S. The van der Waals surface area contributed by atoms with Gasteiger partial charge in [0.15, 0.2) is 5.16 Å². The van der Waals surface area contributed by atoms with Crippen LogP contribution in [0.15, 0.2) is 17.4 Å². The van der Waals surface area contributed by atoms with E-state index in [-0.39, 0.29) is 12.0 Å². The van der Waals surface area contributed by atoms with Gasteiger partial charge in [0.1, 0.15) is 11.3 Å². The molecule has 0 amide bonds. The summed E-state index contributed by atoms with van der Waals surface area (Å²) in [5, 5.41) is 1.54. The van der Waals surface area contributed by atoms with Gasteiger partial charge in [-0.25, -0.2) is 14.8 Å². The molecule has 2 aromatic rings. The number of esters is 1. The van der Waals surface area contributed by atoms with Crippen molar-refractivity contribution in [3.05, 3.63) is 18.0 Å². The largest absolute Gasteiger partial charge is 0.464 e. The van der Waals surface area contributed by atoms with Gasteiger partial charge in [-0.2, -0.15) is 0 Å². The molecule has 0 spiro atoms. The van der Waals surface area contributed by atoms with Crippen LogP contribution in [0.2, 0.25) is 0 Å². The van der Waals surface area contributed by atoms with Crippen LogP contribution in [0.5, 0.6) is 0 Å². The topological polar surface area (TPSA) is 66.2 Å². The highest BCUT2D eigenvalue weighted by Gasteiger charge is 2.25. The van der Waals surface area contributed by atoms with Crippen LogP contribution in [0.4, 0.5) is 0 Å². The quantitative estimate of drug-likeness (QED) is 0.492. The van der Waals surface area contributed by atoms with Crippen LogP contribution in [0, 0.1) is 0 Å². The molecule has 1 aliphatic heterocycles. The molecule has 0 unspecified atom stereocenters. The number of hydrogen-bond donors (Lipinski definition) is 0. The lowest BCUT2D eigenvalue weighted by Gasteiger charge is -2.25. The van der Waals surface area contributed by atoms with Gasteiger partial charge in [0, 0.05) is 18.2 Å². The second-order valence-electron chi connectivity index (χ2n) is 4.90. The van der Waals surface area contributed by atoms with Gasteiger partial charge in [-0.1, -0.05) is 11.8 Å². The van der Waals surface area contributed by atoms with Crippen molar-refractivity contribution in [2.75, 3.05) is 26.6 Å². The number of thioether (sulfide) groups is 1. The van der Waals surface area contributed by atoms with E-state index in [1.165, 1.54) is 18.9 Å². The summed E-state index contributed by atoms with van der Waals surface area (Å²) in [6, 6.07) is 1.90. The van der Waals surface area contributed by atoms with Gasteiger partial charge in [0.2, 0.25) is 0 Å². The third-order valence-electron chi connectivity index (χ3n) is 3.63. The average Bonchev–Trinajstić information content (AvgIpc) is 2.93. The normalized spacial score (nSPS) is 18.9. The lowest BCUT2D eigenvalue weighted by atomic mass is 10.1. The van der Waals surface area contributed by atoms with Gasteiger partial charge in [-0.05, 0) is 25.2 Å². The fourth-order valence-electron chi connectivity index (χ4n) is 2.65. The second-order valence-corrected chi connectivity index (χ2v) is 5.67. The van der Waals surface area contributed by atoms with Crippen LogP contribution in [-0.2, 0) is 9.47 Å². The second kappa shape index (κ2) is 6.03. The molecule has 7 heteroatoms. The van der Waals surface area contributed by atoms with E-state index in [2.05, 4.69) is 9.97 Å². The van der Waals surface area contributed by atoms with Gasteiger partial charge in [-0.3, -0.25) is 0 Å². The van der Waals surface area contributed by atoms with Crippen LogP contribution in [0.25, 0.3) is 11.0 Å². The predicted molar refractivity (Wildman–Crippen MR) is 79.7 cm³/mol. The Kier molecular flexibility index (Phi) is 4.12. The summed E-state index contributed by atoms with van der Waals surface area (Å²) in [4.78, 5) is 20.9. The highest BCUT2D eigenvalue weighted by Crippen LogP contribution is 2.29. The van der Waals surface area contributed by atoms with Gasteiger partial charge < -0.3 is 14.0 Å². The van der Waals surface area contributed by atoms with E-state index in [0.717, 1.165) is 30.5 Å². The number of hydrogen-bond acceptors (Lipinski definition) is 6. The van der Waals surface area contributed by atoms with E-state index in [1.54, 1.807) is 12.3 Å². The summed E-state index contributed by atoms with van der Waals surface area (Å²) < 4.78 is 12.4. The van der Waals surface area contributed by atoms with Crippen molar-refractivity contribution in [2.45, 2.75) is 24.0 Å². The third kappa shape index (κ3) is 2.63. The molecule has 0 radical (unpaired) electrons. The number of rotatable bonds is 3. The summed E-state index contributed by atoms with van der Waals surface area (Å²) >= 11 is 1.48. The standard InChI is InChI=1S/C14H17N3O3S/c1-19-13(18)11-6-9-7-15-14(21-2)16-12(9)17(11)10-4-3-5-20-8-10/h6-7,10H,3-5,8H2,1-2H3/t10-/m1/s1. The van der Waals surface area contributed by atoms with Crippen LogP contribution >= 0.6 is 11.8 Å². The molecule has 0 N–H and O–H groups in total. The molecule has 0 aromatic carbocycles. The predicted octanol–water partition coefficient (Wildman–Crippen LogP) is 2.29. The van der Waals surface area contributed by atoms with Crippen LogP contribution in [-0.4, -0.2) is 47.1 Å². The number of fused-ring (bicyclic) bond motifs is 1. The van der Waals surface area contributed by atoms with Gasteiger partial charge in [-0.15, -0.1) is 0 Å². The zero-order chi connectivity index (χ0) is 14.8. The van der Waals surface area contributed by atoms with Crippen LogP contribution in [0.3, 0.4) is 0 Å². The Morgan fingerprint density at radius 2 is 2.43 bits per heavy atom. The molecule has 2 aromatic heterocycles. The van der Waals surface area contributed by atoms with E-state index < -0.39 is 0 Å². The first kappa shape index (κ1) is 14.3. The summed E-state index contributed by atoms with van der Waals surface area (Å²) in [5.74, 6) is -0.357. The summed E-state index contributed by atoms with van der Waals surface area (Å²) in [6.45, 7) is 1.36. The maximum atomic E-state index is 12.1. The monoisotopic (exact) mass is 307 g/mol. The summed E-state index contributed by atoms with van der Waals surface area (Å²) in [7, 11) is 1.39. The minimum Gasteiger partial charge on any atom is -0.464 e. The van der Waals surface area contributed by atoms with E-state index in [1.807, 2.05) is 10.8 Å². The Hall–Kier alpha value is -1.60. The summed E-state index contributed by atoms with van der Waals surface area (Å²) in [5.41, 5.74) is 1.28. The highest BCUT2D eigenvalue weighted by atomic mass is 32.2. The molecule has 1 fully saturated rings. The molecule has 1 aliphatic rings. The number of ether oxygens (including phenoxy) is 2. The van der Waals surface area contributed by atoms with Crippen molar-refractivity contribution >= 4 is 28.8 Å². The molecule has 0 saturated carbocycles. The molecule has 1 saturated heterocycles. The molecule has 6 nitrogen and oxygen atoms in total. The summed E-state index contributed by atoms with van der Waals surface area (Å²) in [6.07, 6.45) is 5.62. The average molecular weight is 307 g/mol. The minimum absolute atomic E-state index is 0.106. The Morgan fingerprint density at radius 1 is 1.57 bits per heavy atom. The molecule has 21 heavy (non-hydrogen) atoms. The fourth-order valence-corrected chi connectivity index (χ4v) is 2.99. The maximum Gasteiger partial charge on any atom is 0.354 e. The first-order valence-electron chi connectivity index (χ1n) is 6.82. The Balaban J connectivity index is 2.17. The van der Waals surface area contributed by atoms with Gasteiger partial charge in [0.25, 0.3) is 0 Å². The lowest BCUT2D eigenvalue weighted by Crippen LogP contribution is -2.24. The number of carbonyl (C=O) groups excluding carboxylic acids is 1. The zero-order valence-electron chi connectivity index (χ0n) is 12.0. The van der Waals surface area contributed by atoms with Crippen molar-refractivity contribution < 1.29 is 14.3 Å². The first-order chi connectivity index (χ1) is 10.2. The van der Waals surface area contributed by atoms with E-state index in [4.69, 9.17) is 9.47 Å². The highest BCUT2D eigenvalue weighted by molar-refractivity contribution is 7.98. The number of nitrogens with zero attached hydrogens (tertiary/aromatic N) is 3. The Bertz CT molecular complexity index is 665. The Labute approximate surface area is 126 Å². The van der Waals surface area contributed by atoms with Crippen molar-refractivity contribution in [2.24, 2.45) is 0 Å². The van der Waals surface area contributed by atoms with Crippen LogP contribution in [0.1, 0.15) is 29.4 Å². The van der Waals surface area contributed by atoms with E-state index in [9.17, 15) is 4.79 Å². The molecule has 112 valence electrons. The molecule has 3 heterocycles. The Morgan fingerprint density at radius 3 is 3.10 bits per heavy atom. The fraction of sp³-hybridized carbons (Fsp3) is 0.500. The first-order valence-corrected chi connectivity index (χ1v) is 8.05. The van der Waals surface area contributed by atoms with Crippen molar-refractivity contribution in [1.29, 1.82) is 0 Å². The molecule has 0 bridgehead atoms. The SMILES string of the molecule is COC(=O)c1cc2cnc(SC)nc2n1[C@@H]1CCCOC1. The van der Waals surface area contributed by atoms with Crippen LogP contribution < -0.4 is 0 Å². The smallest absolute Gasteiger partial charge is 0.354 e. The van der Waals surface area contributed by atoms with Crippen molar-refractivity contribution in [3.8, 4) is 0 Å². The molecule has 1 atom stereocenters. The molecule has 0 aliphatic carbocycles. The van der Waals surface area contributed by atoms with Crippen molar-refractivity contribution in [1.82, 2.24) is 14.5 Å². The zero-order valence-corrected chi connectivity index (χ0v) is 12.9. The van der Waals surface area contributed by atoms with Gasteiger partial charge in [0.05, 0.1) is 19.8 Å². The van der Waals surface area contributed by atoms with E-state index >= 15 is 0 Å². The number of carbonyl (C=O) groups is 1.